The highest BCUT2D eigenvalue weighted by molar-refractivity contribution is 5.38. The molecule has 0 aliphatic carbocycles. The van der Waals surface area contributed by atoms with Gasteiger partial charge >= 0.3 is 0 Å². The van der Waals surface area contributed by atoms with E-state index in [1.807, 2.05) is 0 Å². The Hall–Kier alpha value is -1.16. The van der Waals surface area contributed by atoms with Gasteiger partial charge in [0, 0.05) is 12.1 Å². The maximum Gasteiger partial charge on any atom is 0.151 e. The second-order valence-electron chi connectivity index (χ2n) is 3.37. The van der Waals surface area contributed by atoms with E-state index < -0.39 is 11.5 Å². The smallest absolute Gasteiger partial charge is 0.151 e. The summed E-state index contributed by atoms with van der Waals surface area (Å²) in [6, 6.07) is 3.77. The van der Waals surface area contributed by atoms with E-state index in [2.05, 4.69) is 0 Å². The Morgan fingerprint density at radius 1 is 1.47 bits per heavy atom. The summed E-state index contributed by atoms with van der Waals surface area (Å²) >= 11 is 0. The van der Waals surface area contributed by atoms with Crippen molar-refractivity contribution >= 4 is 0 Å². The minimum absolute atomic E-state index is 0.176. The van der Waals surface area contributed by atoms with Crippen LogP contribution in [0.5, 0.6) is 5.75 Å². The third-order valence-electron chi connectivity index (χ3n) is 2.53. The minimum Gasteiger partial charge on any atom is -0.496 e. The van der Waals surface area contributed by atoms with Crippen LogP contribution in [0.2, 0.25) is 0 Å². The molecule has 2 N–H and O–H groups in total. The fourth-order valence-corrected chi connectivity index (χ4v) is 1.48. The number of benzene rings is 1. The van der Waals surface area contributed by atoms with E-state index in [1.165, 1.54) is 19.2 Å². The highest BCUT2D eigenvalue weighted by Crippen LogP contribution is 2.35. The van der Waals surface area contributed by atoms with E-state index in [-0.39, 0.29) is 18.5 Å². The van der Waals surface area contributed by atoms with Gasteiger partial charge in [0.25, 0.3) is 0 Å². The van der Waals surface area contributed by atoms with Gasteiger partial charge in [0.2, 0.25) is 0 Å². The van der Waals surface area contributed by atoms with Crippen LogP contribution < -0.4 is 10.5 Å². The van der Waals surface area contributed by atoms with Crippen molar-refractivity contribution < 1.29 is 13.5 Å². The standard InChI is InChI=1S/C11H15F2NO/c1-3-11(13,7-14)9-6-8(12)4-5-10(9)15-2/h4-6H,3,7,14H2,1-2H3. The summed E-state index contributed by atoms with van der Waals surface area (Å²) in [4.78, 5) is 0. The van der Waals surface area contributed by atoms with Gasteiger partial charge in [0.15, 0.2) is 5.67 Å². The molecule has 0 aliphatic rings. The molecule has 1 aromatic carbocycles. The molecule has 1 unspecified atom stereocenters. The van der Waals surface area contributed by atoms with Crippen molar-refractivity contribution in [1.82, 2.24) is 0 Å². The number of ether oxygens (including phenoxy) is 1. The molecule has 0 spiro atoms. The van der Waals surface area contributed by atoms with E-state index in [9.17, 15) is 8.78 Å². The lowest BCUT2D eigenvalue weighted by Crippen LogP contribution is -2.30. The van der Waals surface area contributed by atoms with Gasteiger partial charge in [-0.05, 0) is 24.6 Å². The number of nitrogens with two attached hydrogens (primary N) is 1. The van der Waals surface area contributed by atoms with Gasteiger partial charge in [-0.3, -0.25) is 0 Å². The Bertz CT molecular complexity index is 337. The molecule has 0 heterocycles. The van der Waals surface area contributed by atoms with Crippen molar-refractivity contribution in [3.63, 3.8) is 0 Å². The Labute approximate surface area is 88.0 Å². The molecule has 0 bridgehead atoms. The average molecular weight is 215 g/mol. The lowest BCUT2D eigenvalue weighted by molar-refractivity contribution is 0.163. The molecular weight excluding hydrogens is 200 g/mol. The van der Waals surface area contributed by atoms with Gasteiger partial charge < -0.3 is 10.5 Å². The lowest BCUT2D eigenvalue weighted by Gasteiger charge is -2.24. The molecule has 0 amide bonds. The molecule has 0 fully saturated rings. The monoisotopic (exact) mass is 215 g/mol. The fourth-order valence-electron chi connectivity index (χ4n) is 1.48. The predicted molar refractivity (Wildman–Crippen MR) is 55.1 cm³/mol. The molecule has 0 saturated heterocycles. The first kappa shape index (κ1) is 11.9. The van der Waals surface area contributed by atoms with Crippen LogP contribution in [0, 0.1) is 5.82 Å². The number of methoxy groups -OCH3 is 1. The van der Waals surface area contributed by atoms with Gasteiger partial charge in [-0.15, -0.1) is 0 Å². The van der Waals surface area contributed by atoms with E-state index in [4.69, 9.17) is 10.5 Å². The summed E-state index contributed by atoms with van der Waals surface area (Å²) in [5.41, 5.74) is 3.82. The van der Waals surface area contributed by atoms with Gasteiger partial charge in [-0.1, -0.05) is 6.92 Å². The summed E-state index contributed by atoms with van der Waals surface area (Å²) in [6.07, 6.45) is 0.184. The summed E-state index contributed by atoms with van der Waals surface area (Å²) in [5, 5.41) is 0. The van der Waals surface area contributed by atoms with Gasteiger partial charge in [0.1, 0.15) is 11.6 Å². The van der Waals surface area contributed by atoms with Crippen LogP contribution in [0.4, 0.5) is 8.78 Å². The maximum absolute atomic E-state index is 14.2. The Kier molecular flexibility index (Phi) is 3.63. The maximum atomic E-state index is 14.2. The molecule has 1 atom stereocenters. The minimum atomic E-state index is -1.73. The summed E-state index contributed by atoms with van der Waals surface area (Å²) in [5.74, 6) is -0.166. The number of hydrogen-bond acceptors (Lipinski definition) is 2. The van der Waals surface area contributed by atoms with Crippen molar-refractivity contribution in [2.45, 2.75) is 19.0 Å². The van der Waals surface area contributed by atoms with Crippen LogP contribution in [-0.2, 0) is 5.67 Å². The number of halogens is 2. The van der Waals surface area contributed by atoms with E-state index in [1.54, 1.807) is 6.92 Å². The van der Waals surface area contributed by atoms with Crippen molar-refractivity contribution in [1.29, 1.82) is 0 Å². The molecule has 84 valence electrons. The van der Waals surface area contributed by atoms with Crippen LogP contribution >= 0.6 is 0 Å². The first-order valence-corrected chi connectivity index (χ1v) is 4.80. The quantitative estimate of drug-likeness (QED) is 0.836. The van der Waals surface area contributed by atoms with Crippen molar-refractivity contribution in [3.8, 4) is 5.75 Å². The first-order chi connectivity index (χ1) is 7.07. The second kappa shape index (κ2) is 4.57. The van der Waals surface area contributed by atoms with Gasteiger partial charge in [0.05, 0.1) is 7.11 Å². The molecule has 1 aromatic rings. The summed E-state index contributed by atoms with van der Waals surface area (Å²) in [7, 11) is 1.42. The van der Waals surface area contributed by atoms with Crippen LogP contribution in [0.3, 0.4) is 0 Å². The van der Waals surface area contributed by atoms with Crippen molar-refractivity contribution in [2.24, 2.45) is 5.73 Å². The highest BCUT2D eigenvalue weighted by Gasteiger charge is 2.31. The predicted octanol–water partition coefficient (Wildman–Crippen LogP) is 2.37. The highest BCUT2D eigenvalue weighted by atomic mass is 19.1. The van der Waals surface area contributed by atoms with Gasteiger partial charge in [-0.2, -0.15) is 0 Å². The number of hydrogen-bond donors (Lipinski definition) is 1. The topological polar surface area (TPSA) is 35.2 Å². The van der Waals surface area contributed by atoms with Crippen LogP contribution in [0.1, 0.15) is 18.9 Å². The molecular formula is C11H15F2NO. The lowest BCUT2D eigenvalue weighted by atomic mass is 9.92. The number of alkyl halides is 1. The average Bonchev–Trinajstić information content (AvgIpc) is 2.28. The summed E-state index contributed by atoms with van der Waals surface area (Å²) < 4.78 is 32.2. The Balaban J connectivity index is 3.26. The zero-order valence-electron chi connectivity index (χ0n) is 8.89. The van der Waals surface area contributed by atoms with Crippen molar-refractivity contribution in [2.75, 3.05) is 13.7 Å². The van der Waals surface area contributed by atoms with Crippen LogP contribution in [-0.4, -0.2) is 13.7 Å². The largest absolute Gasteiger partial charge is 0.496 e. The molecule has 0 radical (unpaired) electrons. The molecule has 0 aromatic heterocycles. The molecule has 4 heteroatoms. The molecule has 0 aliphatic heterocycles. The fraction of sp³-hybridized carbons (Fsp3) is 0.455. The Morgan fingerprint density at radius 3 is 2.60 bits per heavy atom. The third kappa shape index (κ3) is 2.26. The van der Waals surface area contributed by atoms with Crippen LogP contribution in [0.25, 0.3) is 0 Å². The molecule has 15 heavy (non-hydrogen) atoms. The summed E-state index contributed by atoms with van der Waals surface area (Å²) in [6.45, 7) is 1.47. The normalized spacial score (nSPS) is 14.7. The zero-order valence-corrected chi connectivity index (χ0v) is 8.89. The van der Waals surface area contributed by atoms with Crippen LogP contribution in [0.15, 0.2) is 18.2 Å². The zero-order chi connectivity index (χ0) is 11.5. The Morgan fingerprint density at radius 2 is 2.13 bits per heavy atom. The molecule has 1 rings (SSSR count). The molecule has 2 nitrogen and oxygen atoms in total. The van der Waals surface area contributed by atoms with Crippen molar-refractivity contribution in [3.05, 3.63) is 29.6 Å². The van der Waals surface area contributed by atoms with E-state index in [0.29, 0.717) is 5.75 Å². The molecule has 0 saturated carbocycles. The third-order valence-corrected chi connectivity index (χ3v) is 2.53. The number of rotatable bonds is 4. The first-order valence-electron chi connectivity index (χ1n) is 4.80. The van der Waals surface area contributed by atoms with Gasteiger partial charge in [-0.25, -0.2) is 8.78 Å². The van der Waals surface area contributed by atoms with E-state index >= 15 is 0 Å². The SMILES string of the molecule is CCC(F)(CN)c1cc(F)ccc1OC. The second-order valence-corrected chi connectivity index (χ2v) is 3.37. The van der Waals surface area contributed by atoms with E-state index in [0.717, 1.165) is 6.07 Å².